The maximum atomic E-state index is 11.8. The molecule has 3 nitrogen and oxygen atoms in total. The minimum Gasteiger partial charge on any atom is -0.324 e. The molecule has 1 rings (SSSR count). The van der Waals surface area contributed by atoms with Crippen LogP contribution in [0.1, 0.15) is 13.8 Å². The van der Waals surface area contributed by atoms with Crippen LogP contribution in [-0.4, -0.2) is 19.0 Å². The number of anilines is 1. The molecule has 4 heteroatoms. The van der Waals surface area contributed by atoms with Gasteiger partial charge in [0.15, 0.2) is 0 Å². The number of amides is 1. The second-order valence-electron chi connectivity index (χ2n) is 3.68. The highest BCUT2D eigenvalue weighted by molar-refractivity contribution is 6.33. The normalized spacial score (nSPS) is 12.2. The van der Waals surface area contributed by atoms with Crippen molar-refractivity contribution in [1.29, 1.82) is 0 Å². The first-order valence-corrected chi connectivity index (χ1v) is 5.79. The molecule has 16 heavy (non-hydrogen) atoms. The van der Waals surface area contributed by atoms with Gasteiger partial charge >= 0.3 is 0 Å². The lowest BCUT2D eigenvalue weighted by Gasteiger charge is -2.13. The van der Waals surface area contributed by atoms with Gasteiger partial charge in [0, 0.05) is 12.5 Å². The van der Waals surface area contributed by atoms with Crippen molar-refractivity contribution in [2.75, 3.05) is 18.4 Å². The Kier molecular flexibility index (Phi) is 5.29. The van der Waals surface area contributed by atoms with Crippen LogP contribution in [0.4, 0.5) is 5.69 Å². The number of benzene rings is 1. The Morgan fingerprint density at radius 1 is 1.44 bits per heavy atom. The minimum atomic E-state index is -0.0729. The lowest BCUT2D eigenvalue weighted by Crippen LogP contribution is -2.30. The highest BCUT2D eigenvalue weighted by Gasteiger charge is 2.13. The SMILES string of the molecule is CCNCC(C)C(=O)Nc1ccccc1Cl. The van der Waals surface area contributed by atoms with E-state index in [9.17, 15) is 4.79 Å². The Balaban J connectivity index is 2.54. The predicted molar refractivity (Wildman–Crippen MR) is 67.8 cm³/mol. The Hall–Kier alpha value is -1.06. The molecule has 0 bridgehead atoms. The maximum Gasteiger partial charge on any atom is 0.228 e. The highest BCUT2D eigenvalue weighted by atomic mass is 35.5. The van der Waals surface area contributed by atoms with Crippen molar-refractivity contribution in [2.24, 2.45) is 5.92 Å². The van der Waals surface area contributed by atoms with Gasteiger partial charge in [0.05, 0.1) is 10.7 Å². The quantitative estimate of drug-likeness (QED) is 0.831. The summed E-state index contributed by atoms with van der Waals surface area (Å²) in [6.45, 7) is 5.43. The summed E-state index contributed by atoms with van der Waals surface area (Å²) in [6, 6.07) is 7.23. The number of hydrogen-bond acceptors (Lipinski definition) is 2. The van der Waals surface area contributed by atoms with E-state index in [1.807, 2.05) is 26.0 Å². The molecule has 88 valence electrons. The number of hydrogen-bond donors (Lipinski definition) is 2. The van der Waals surface area contributed by atoms with Gasteiger partial charge in [-0.25, -0.2) is 0 Å². The van der Waals surface area contributed by atoms with E-state index in [4.69, 9.17) is 11.6 Å². The van der Waals surface area contributed by atoms with Crippen molar-refractivity contribution in [3.63, 3.8) is 0 Å². The zero-order valence-electron chi connectivity index (χ0n) is 9.59. The lowest BCUT2D eigenvalue weighted by molar-refractivity contribution is -0.119. The van der Waals surface area contributed by atoms with Gasteiger partial charge in [0.1, 0.15) is 0 Å². The molecule has 0 spiro atoms. The molecule has 0 fully saturated rings. The molecule has 1 aromatic rings. The molecule has 1 unspecified atom stereocenters. The van der Waals surface area contributed by atoms with Crippen molar-refractivity contribution in [1.82, 2.24) is 5.32 Å². The molecule has 1 amide bonds. The van der Waals surface area contributed by atoms with Gasteiger partial charge in [0.2, 0.25) is 5.91 Å². The lowest BCUT2D eigenvalue weighted by atomic mass is 10.1. The number of para-hydroxylation sites is 1. The number of nitrogens with one attached hydrogen (secondary N) is 2. The third-order valence-electron chi connectivity index (χ3n) is 2.28. The van der Waals surface area contributed by atoms with Crippen molar-refractivity contribution < 1.29 is 4.79 Å². The van der Waals surface area contributed by atoms with Crippen LogP contribution < -0.4 is 10.6 Å². The van der Waals surface area contributed by atoms with Gasteiger partial charge in [-0.1, -0.05) is 37.6 Å². The second kappa shape index (κ2) is 6.51. The van der Waals surface area contributed by atoms with Crippen LogP contribution >= 0.6 is 11.6 Å². The first-order chi connectivity index (χ1) is 7.65. The fraction of sp³-hybridized carbons (Fsp3) is 0.417. The van der Waals surface area contributed by atoms with E-state index in [2.05, 4.69) is 10.6 Å². The molecule has 0 aliphatic heterocycles. The van der Waals surface area contributed by atoms with Crippen molar-refractivity contribution in [2.45, 2.75) is 13.8 Å². The van der Waals surface area contributed by atoms with Crippen molar-refractivity contribution in [3.05, 3.63) is 29.3 Å². The first-order valence-electron chi connectivity index (χ1n) is 5.41. The van der Waals surface area contributed by atoms with Crippen molar-refractivity contribution in [3.8, 4) is 0 Å². The predicted octanol–water partition coefficient (Wildman–Crippen LogP) is 2.52. The van der Waals surface area contributed by atoms with Gasteiger partial charge in [-0.05, 0) is 18.7 Å². The third kappa shape index (κ3) is 3.83. The Morgan fingerprint density at radius 2 is 2.12 bits per heavy atom. The summed E-state index contributed by atoms with van der Waals surface area (Å²) in [5.41, 5.74) is 0.664. The summed E-state index contributed by atoms with van der Waals surface area (Å²) in [7, 11) is 0. The summed E-state index contributed by atoms with van der Waals surface area (Å²) in [5, 5.41) is 6.51. The first kappa shape index (κ1) is 13.0. The fourth-order valence-corrected chi connectivity index (χ4v) is 1.46. The van der Waals surface area contributed by atoms with E-state index in [-0.39, 0.29) is 11.8 Å². The van der Waals surface area contributed by atoms with E-state index in [1.165, 1.54) is 0 Å². The zero-order chi connectivity index (χ0) is 12.0. The van der Waals surface area contributed by atoms with E-state index >= 15 is 0 Å². The maximum absolute atomic E-state index is 11.8. The molecule has 1 atom stereocenters. The molecule has 0 aliphatic carbocycles. The van der Waals surface area contributed by atoms with E-state index in [0.717, 1.165) is 6.54 Å². The fourth-order valence-electron chi connectivity index (χ4n) is 1.27. The Bertz CT molecular complexity index is 355. The Morgan fingerprint density at radius 3 is 2.75 bits per heavy atom. The van der Waals surface area contributed by atoms with Crippen LogP contribution in [0.2, 0.25) is 5.02 Å². The van der Waals surface area contributed by atoms with Gasteiger partial charge < -0.3 is 10.6 Å². The molecule has 1 aromatic carbocycles. The molecular formula is C12H17ClN2O. The minimum absolute atomic E-state index is 0.0194. The molecule has 2 N–H and O–H groups in total. The summed E-state index contributed by atoms with van der Waals surface area (Å²) < 4.78 is 0. The topological polar surface area (TPSA) is 41.1 Å². The molecule has 0 aromatic heterocycles. The van der Waals surface area contributed by atoms with E-state index < -0.39 is 0 Å². The van der Waals surface area contributed by atoms with Crippen molar-refractivity contribution >= 4 is 23.2 Å². The monoisotopic (exact) mass is 240 g/mol. The molecule has 0 aliphatic rings. The highest BCUT2D eigenvalue weighted by Crippen LogP contribution is 2.20. The van der Waals surface area contributed by atoms with Gasteiger partial charge in [-0.3, -0.25) is 4.79 Å². The van der Waals surface area contributed by atoms with E-state index in [1.54, 1.807) is 12.1 Å². The van der Waals surface area contributed by atoms with Crippen LogP contribution in [0, 0.1) is 5.92 Å². The van der Waals surface area contributed by atoms with Crippen LogP contribution in [0.15, 0.2) is 24.3 Å². The smallest absolute Gasteiger partial charge is 0.228 e. The molecule has 0 saturated carbocycles. The van der Waals surface area contributed by atoms with Gasteiger partial charge in [-0.2, -0.15) is 0 Å². The van der Waals surface area contributed by atoms with Gasteiger partial charge in [0.25, 0.3) is 0 Å². The number of rotatable bonds is 5. The Labute approximate surface area is 101 Å². The standard InChI is InChI=1S/C12H17ClN2O/c1-3-14-8-9(2)12(16)15-11-7-5-4-6-10(11)13/h4-7,9,14H,3,8H2,1-2H3,(H,15,16). The summed E-state index contributed by atoms with van der Waals surface area (Å²) in [5.74, 6) is -0.0923. The molecule has 0 saturated heterocycles. The van der Waals surface area contributed by atoms with Crippen LogP contribution in [0.3, 0.4) is 0 Å². The third-order valence-corrected chi connectivity index (χ3v) is 2.61. The van der Waals surface area contributed by atoms with Crippen LogP contribution in [0.5, 0.6) is 0 Å². The zero-order valence-corrected chi connectivity index (χ0v) is 10.3. The molecule has 0 radical (unpaired) electrons. The largest absolute Gasteiger partial charge is 0.324 e. The molecule has 0 heterocycles. The molecular weight excluding hydrogens is 224 g/mol. The van der Waals surface area contributed by atoms with Gasteiger partial charge in [-0.15, -0.1) is 0 Å². The van der Waals surface area contributed by atoms with Crippen LogP contribution in [-0.2, 0) is 4.79 Å². The van der Waals surface area contributed by atoms with Crippen LogP contribution in [0.25, 0.3) is 0 Å². The number of carbonyl (C=O) groups is 1. The number of carbonyl (C=O) groups excluding carboxylic acids is 1. The summed E-state index contributed by atoms with van der Waals surface area (Å²) >= 11 is 5.95. The average Bonchev–Trinajstić information content (AvgIpc) is 2.28. The number of halogens is 1. The average molecular weight is 241 g/mol. The summed E-state index contributed by atoms with van der Waals surface area (Å²) in [6.07, 6.45) is 0. The summed E-state index contributed by atoms with van der Waals surface area (Å²) in [4.78, 5) is 11.8. The van der Waals surface area contributed by atoms with E-state index in [0.29, 0.717) is 17.3 Å². The second-order valence-corrected chi connectivity index (χ2v) is 4.09.